The largest absolute Gasteiger partial charge is 0.384 e. The fourth-order valence-corrected chi connectivity index (χ4v) is 15.0. The van der Waals surface area contributed by atoms with Gasteiger partial charge in [-0.1, -0.05) is 145 Å². The van der Waals surface area contributed by atoms with Crippen molar-refractivity contribution in [2.75, 3.05) is 63.0 Å². The van der Waals surface area contributed by atoms with Crippen molar-refractivity contribution in [3.05, 3.63) is 198 Å². The van der Waals surface area contributed by atoms with Gasteiger partial charge in [-0.05, 0) is 147 Å². The summed E-state index contributed by atoms with van der Waals surface area (Å²) in [6.45, 7) is 10.2. The Balaban J connectivity index is 0.000000159. The van der Waals surface area contributed by atoms with Crippen LogP contribution in [-0.4, -0.2) is 176 Å². The van der Waals surface area contributed by atoms with Crippen LogP contribution in [0.1, 0.15) is 116 Å². The van der Waals surface area contributed by atoms with E-state index in [4.69, 9.17) is 0 Å². The number of nitrogens with zero attached hydrogens (tertiary/aromatic N) is 3. The number of anilines is 2. The lowest BCUT2D eigenvalue weighted by molar-refractivity contribution is -0.154. The standard InChI is InChI=1S/C25H30BrN3O4.C24H26BrN3O5.C24H28BrN3O4/c1-16(17-6-8-19(26)9-7-17)28-23(32)21(30)22(31)24(33)29-12-10-25(11-13-29)15-27-14-18-4-2-3-5-20(18)25;1-14(15-6-8-16(25)9-7-15)26-21(31)19(29)20(30)22(32)28-12-10-24(11-13-28)17-4-2-3-5-18(17)27-23(24)33;1-15(16-6-8-17(25)9-7-16)27-22(31)20(29)21(30)23(32)28-12-10-24(11-13-28)14-26-19-5-3-2-4-18(19)24/h2-9,16,21-22,27,30-31H,10-15H2,1H3,(H,28,32);2-9,14,19-20,29-30H,10-13H2,1H3,(H,26,31)(H,27,33);2-9,15,20-21,26,29-30H,10-14H2,1H3,(H,27,31)/t16-,21+,22+;14-,19+,20+;15-,20+,21+/m000/s1. The van der Waals surface area contributed by atoms with E-state index in [1.807, 2.05) is 115 Å². The van der Waals surface area contributed by atoms with Crippen LogP contribution in [0.2, 0.25) is 0 Å². The molecule has 98 heavy (non-hydrogen) atoms. The fourth-order valence-electron chi connectivity index (χ4n) is 14.2. The number of para-hydroxylation sites is 2. The van der Waals surface area contributed by atoms with E-state index in [1.165, 1.54) is 21.6 Å². The molecule has 12 rings (SSSR count). The first-order chi connectivity index (χ1) is 46.8. The van der Waals surface area contributed by atoms with Crippen molar-refractivity contribution in [2.45, 2.75) is 137 Å². The van der Waals surface area contributed by atoms with Crippen LogP contribution in [0.3, 0.4) is 0 Å². The van der Waals surface area contributed by atoms with Crippen molar-refractivity contribution in [3.8, 4) is 0 Å². The minimum absolute atomic E-state index is 0.0194. The topological polar surface area (TPSA) is 323 Å². The summed E-state index contributed by atoms with van der Waals surface area (Å²) < 4.78 is 2.73. The molecule has 6 aliphatic heterocycles. The molecule has 0 aromatic heterocycles. The Bertz CT molecular complexity index is 3840. The number of aliphatic hydroxyl groups is 6. The third-order valence-corrected chi connectivity index (χ3v) is 21.8. The maximum absolute atomic E-state index is 12.9. The highest BCUT2D eigenvalue weighted by molar-refractivity contribution is 9.11. The number of aliphatic hydroxyl groups excluding tert-OH is 6. The number of hydrogen-bond acceptors (Lipinski definition) is 15. The molecule has 6 heterocycles. The van der Waals surface area contributed by atoms with Gasteiger partial charge in [0, 0.05) is 94.5 Å². The quantitative estimate of drug-likeness (QED) is 0.0544. The summed E-state index contributed by atoms with van der Waals surface area (Å²) in [5.74, 6) is -4.41. The molecule has 0 aliphatic carbocycles. The number of amides is 7. The highest BCUT2D eigenvalue weighted by atomic mass is 79.9. The highest BCUT2D eigenvalue weighted by Gasteiger charge is 2.50. The van der Waals surface area contributed by atoms with Gasteiger partial charge in [-0.25, -0.2) is 0 Å². The maximum Gasteiger partial charge on any atom is 0.254 e. The minimum Gasteiger partial charge on any atom is -0.384 e. The second-order valence-corrected chi connectivity index (χ2v) is 29.0. The van der Waals surface area contributed by atoms with E-state index in [2.05, 4.69) is 110 Å². The van der Waals surface area contributed by atoms with Gasteiger partial charge in [0.1, 0.15) is 0 Å². The first kappa shape index (κ1) is 73.3. The van der Waals surface area contributed by atoms with Crippen LogP contribution >= 0.6 is 47.8 Å². The Morgan fingerprint density at radius 3 is 1.16 bits per heavy atom. The van der Waals surface area contributed by atoms with Crippen molar-refractivity contribution >= 4 is 101 Å². The molecular formula is C73H84Br3N9O13. The number of fused-ring (bicyclic) bond motifs is 6. The number of benzene rings is 6. The molecule has 9 atom stereocenters. The van der Waals surface area contributed by atoms with E-state index >= 15 is 0 Å². The Morgan fingerprint density at radius 2 is 0.755 bits per heavy atom. The molecule has 6 aliphatic rings. The van der Waals surface area contributed by atoms with Crippen LogP contribution in [0.4, 0.5) is 11.4 Å². The number of likely N-dealkylation sites (tertiary alicyclic amines) is 3. The minimum atomic E-state index is -1.90. The van der Waals surface area contributed by atoms with Gasteiger partial charge in [0.25, 0.3) is 35.4 Å². The molecule has 0 unspecified atom stereocenters. The zero-order valence-corrected chi connectivity index (χ0v) is 59.4. The molecule has 0 radical (unpaired) electrons. The van der Waals surface area contributed by atoms with Crippen molar-refractivity contribution in [3.63, 3.8) is 0 Å². The van der Waals surface area contributed by atoms with E-state index in [-0.39, 0.29) is 41.9 Å². The summed E-state index contributed by atoms with van der Waals surface area (Å²) in [5.41, 5.74) is 8.50. The van der Waals surface area contributed by atoms with Crippen molar-refractivity contribution in [2.24, 2.45) is 0 Å². The molecule has 6 aromatic carbocycles. The van der Waals surface area contributed by atoms with E-state index in [0.717, 1.165) is 92.4 Å². The number of hydrogen-bond donors (Lipinski definition) is 12. The summed E-state index contributed by atoms with van der Waals surface area (Å²) in [5, 5.41) is 80.1. The lowest BCUT2D eigenvalue weighted by atomic mass is 9.69. The predicted octanol–water partition coefficient (Wildman–Crippen LogP) is 6.21. The second-order valence-electron chi connectivity index (χ2n) is 26.3. The monoisotopic (exact) mass is 1530 g/mol. The van der Waals surface area contributed by atoms with Gasteiger partial charge in [-0.2, -0.15) is 0 Å². The van der Waals surface area contributed by atoms with Crippen LogP contribution < -0.4 is 31.9 Å². The van der Waals surface area contributed by atoms with Crippen molar-refractivity contribution in [1.82, 2.24) is 36.0 Å². The number of carbonyl (C=O) groups is 7. The molecule has 6 aromatic rings. The van der Waals surface area contributed by atoms with E-state index in [9.17, 15) is 64.2 Å². The Morgan fingerprint density at radius 1 is 0.418 bits per heavy atom. The summed E-state index contributed by atoms with van der Waals surface area (Å²) >= 11 is 10.1. The van der Waals surface area contributed by atoms with Crippen molar-refractivity contribution in [1.29, 1.82) is 0 Å². The molecule has 3 spiro atoms. The Hall–Kier alpha value is -7.43. The molecule has 25 heteroatoms. The number of rotatable bonds is 15. The number of piperidine rings is 3. The summed E-state index contributed by atoms with van der Waals surface area (Å²) in [6, 6.07) is 45.1. The molecule has 520 valence electrons. The fraction of sp³-hybridized carbons (Fsp3) is 0.411. The zero-order chi connectivity index (χ0) is 70.2. The van der Waals surface area contributed by atoms with Gasteiger partial charge in [0.05, 0.1) is 23.5 Å². The van der Waals surface area contributed by atoms with Gasteiger partial charge in [0.2, 0.25) is 5.91 Å². The maximum atomic E-state index is 12.9. The van der Waals surface area contributed by atoms with Crippen molar-refractivity contribution < 1.29 is 64.2 Å². The van der Waals surface area contributed by atoms with Crippen LogP contribution in [0.5, 0.6) is 0 Å². The molecule has 3 fully saturated rings. The molecule has 3 saturated heterocycles. The van der Waals surface area contributed by atoms with Crippen LogP contribution in [-0.2, 0) is 56.4 Å². The Labute approximate surface area is 594 Å². The predicted molar refractivity (Wildman–Crippen MR) is 379 cm³/mol. The lowest BCUT2D eigenvalue weighted by Gasteiger charge is -2.46. The molecule has 22 nitrogen and oxygen atoms in total. The lowest BCUT2D eigenvalue weighted by Crippen LogP contribution is -2.56. The van der Waals surface area contributed by atoms with E-state index in [0.29, 0.717) is 39.0 Å². The summed E-state index contributed by atoms with van der Waals surface area (Å²) in [6.07, 6.45) is -7.19. The first-order valence-electron chi connectivity index (χ1n) is 33.0. The van der Waals surface area contributed by atoms with E-state index in [1.54, 1.807) is 30.6 Å². The van der Waals surface area contributed by atoms with Gasteiger partial charge < -0.3 is 77.2 Å². The summed E-state index contributed by atoms with van der Waals surface area (Å²) in [4.78, 5) is 93.1. The normalized spacial score (nSPS) is 19.6. The first-order valence-corrected chi connectivity index (χ1v) is 35.4. The highest BCUT2D eigenvalue weighted by Crippen LogP contribution is 2.46. The van der Waals surface area contributed by atoms with E-state index < -0.39 is 83.5 Å². The van der Waals surface area contributed by atoms with Crippen LogP contribution in [0.25, 0.3) is 0 Å². The summed E-state index contributed by atoms with van der Waals surface area (Å²) in [7, 11) is 0. The Kier molecular flexibility index (Phi) is 23.8. The van der Waals surface area contributed by atoms with Crippen LogP contribution in [0, 0.1) is 0 Å². The van der Waals surface area contributed by atoms with Gasteiger partial charge in [-0.15, -0.1) is 0 Å². The molecule has 0 bridgehead atoms. The molecule has 0 saturated carbocycles. The third kappa shape index (κ3) is 16.2. The average molecular weight is 1540 g/mol. The number of halogens is 3. The van der Waals surface area contributed by atoms with Gasteiger partial charge in [0.15, 0.2) is 36.6 Å². The second kappa shape index (κ2) is 31.8. The van der Waals surface area contributed by atoms with Crippen LogP contribution in [0.15, 0.2) is 159 Å². The third-order valence-electron chi connectivity index (χ3n) is 20.3. The SMILES string of the molecule is C[C@H](NC(=O)[C@H](O)[C@@H](O)C(=O)N1CCC2(CC1)C(=O)Nc1ccccc12)c1ccc(Br)cc1.C[C@H](NC(=O)[C@H](O)[C@@H](O)C(=O)N1CCC2(CC1)CNCc1ccccc12)c1ccc(Br)cc1.C[C@H](NC(=O)[C@H](O)[C@@H](O)C(=O)N1CCC2(CC1)CNc1ccccc12)c1ccc(Br)cc1. The smallest absolute Gasteiger partial charge is 0.254 e. The number of carbonyl (C=O) groups excluding carboxylic acids is 7. The molecular weight excluding hydrogens is 1450 g/mol. The van der Waals surface area contributed by atoms with Gasteiger partial charge in [-0.3, -0.25) is 33.6 Å². The number of nitrogens with one attached hydrogen (secondary N) is 6. The zero-order valence-electron chi connectivity index (χ0n) is 54.7. The van der Waals surface area contributed by atoms with Gasteiger partial charge >= 0.3 is 0 Å². The average Bonchev–Trinajstić information content (AvgIpc) is 1.58. The molecule has 12 N–H and O–H groups in total. The molecule has 7 amide bonds.